The van der Waals surface area contributed by atoms with Crippen molar-refractivity contribution in [3.05, 3.63) is 143 Å². The molecule has 3 amide bonds. The highest BCUT2D eigenvalue weighted by atomic mass is 16.2. The van der Waals surface area contributed by atoms with Crippen LogP contribution in [0.5, 0.6) is 0 Å². The van der Waals surface area contributed by atoms with Gasteiger partial charge in [0.05, 0.1) is 5.92 Å². The number of rotatable bonds is 15. The van der Waals surface area contributed by atoms with E-state index in [9.17, 15) is 14.4 Å². The monoisotopic (exact) mass is 604 g/mol. The Hall–Kier alpha value is -5.44. The van der Waals surface area contributed by atoms with Crippen LogP contribution in [-0.4, -0.2) is 42.8 Å². The van der Waals surface area contributed by atoms with Gasteiger partial charge in [0.25, 0.3) is 5.91 Å². The van der Waals surface area contributed by atoms with Crippen molar-refractivity contribution < 1.29 is 14.4 Å². The Morgan fingerprint density at radius 1 is 0.667 bits per heavy atom. The van der Waals surface area contributed by atoms with E-state index in [2.05, 4.69) is 20.9 Å². The molecule has 232 valence electrons. The fourth-order valence-corrected chi connectivity index (χ4v) is 4.96. The number of nitrogens with one attached hydrogen (secondary N) is 3. The van der Waals surface area contributed by atoms with Crippen LogP contribution < -0.4 is 27.4 Å². The van der Waals surface area contributed by atoms with Crippen molar-refractivity contribution in [2.75, 3.05) is 13.1 Å². The van der Waals surface area contributed by atoms with E-state index in [4.69, 9.17) is 11.5 Å². The van der Waals surface area contributed by atoms with Crippen molar-refractivity contribution in [1.29, 1.82) is 0 Å². The van der Waals surface area contributed by atoms with Gasteiger partial charge in [-0.1, -0.05) is 103 Å². The molecule has 9 nitrogen and oxygen atoms in total. The summed E-state index contributed by atoms with van der Waals surface area (Å²) in [6.45, 7) is 1.16. The fourth-order valence-electron chi connectivity index (χ4n) is 4.96. The van der Waals surface area contributed by atoms with E-state index in [1.807, 2.05) is 103 Å². The maximum atomic E-state index is 13.7. The van der Waals surface area contributed by atoms with E-state index in [0.29, 0.717) is 44.5 Å². The second-order valence-corrected chi connectivity index (χ2v) is 10.7. The van der Waals surface area contributed by atoms with Crippen LogP contribution >= 0.6 is 0 Å². The lowest BCUT2D eigenvalue weighted by Crippen LogP contribution is -2.48. The molecule has 0 radical (unpaired) electrons. The van der Waals surface area contributed by atoms with Crippen molar-refractivity contribution in [1.82, 2.24) is 16.0 Å². The van der Waals surface area contributed by atoms with Crippen LogP contribution in [0, 0.1) is 0 Å². The molecule has 9 heteroatoms. The van der Waals surface area contributed by atoms with Crippen LogP contribution in [-0.2, 0) is 22.6 Å². The van der Waals surface area contributed by atoms with Gasteiger partial charge in [0.2, 0.25) is 11.8 Å². The molecule has 4 aromatic rings. The molecule has 0 aliphatic heterocycles. The molecule has 0 saturated heterocycles. The zero-order chi connectivity index (χ0) is 31.9. The smallest absolute Gasteiger partial charge is 0.251 e. The average Bonchev–Trinajstić information content (AvgIpc) is 3.07. The number of benzene rings is 4. The molecule has 4 aromatic carbocycles. The van der Waals surface area contributed by atoms with E-state index in [0.717, 1.165) is 22.3 Å². The largest absolute Gasteiger partial charge is 0.370 e. The van der Waals surface area contributed by atoms with Gasteiger partial charge in [0.1, 0.15) is 6.04 Å². The van der Waals surface area contributed by atoms with Gasteiger partial charge in [-0.15, -0.1) is 0 Å². The number of aliphatic imine (C=N–C) groups is 1. The molecule has 0 fully saturated rings. The van der Waals surface area contributed by atoms with Crippen molar-refractivity contribution >= 4 is 23.7 Å². The van der Waals surface area contributed by atoms with Gasteiger partial charge in [0.15, 0.2) is 5.96 Å². The number of carbonyl (C=O) groups excluding carboxylic acids is 3. The lowest BCUT2D eigenvalue weighted by Gasteiger charge is -2.23. The number of nitrogens with zero attached hydrogens (tertiary/aromatic N) is 1. The van der Waals surface area contributed by atoms with Gasteiger partial charge < -0.3 is 27.4 Å². The van der Waals surface area contributed by atoms with Crippen LogP contribution in [0.4, 0.5) is 0 Å². The van der Waals surface area contributed by atoms with E-state index < -0.39 is 12.0 Å². The first kappa shape index (κ1) is 32.5. The van der Waals surface area contributed by atoms with E-state index in [1.165, 1.54) is 0 Å². The molecule has 0 spiro atoms. The van der Waals surface area contributed by atoms with Gasteiger partial charge in [-0.05, 0) is 53.6 Å². The minimum atomic E-state index is -0.766. The Labute approximate surface area is 264 Å². The van der Waals surface area contributed by atoms with Gasteiger partial charge in [-0.25, -0.2) is 0 Å². The van der Waals surface area contributed by atoms with Gasteiger partial charge >= 0.3 is 0 Å². The molecule has 0 aliphatic rings. The molecule has 1 atom stereocenters. The van der Waals surface area contributed by atoms with Crippen molar-refractivity contribution in [3.63, 3.8) is 0 Å². The van der Waals surface area contributed by atoms with Gasteiger partial charge in [-0.3, -0.25) is 19.4 Å². The van der Waals surface area contributed by atoms with Gasteiger partial charge in [0, 0.05) is 25.2 Å². The molecule has 0 unspecified atom stereocenters. The first-order valence-electron chi connectivity index (χ1n) is 15.0. The number of amides is 3. The number of guanidine groups is 1. The Morgan fingerprint density at radius 3 is 1.80 bits per heavy atom. The van der Waals surface area contributed by atoms with Crippen LogP contribution in [0.1, 0.15) is 51.4 Å². The molecule has 0 heterocycles. The lowest BCUT2D eigenvalue weighted by atomic mass is 9.90. The summed E-state index contributed by atoms with van der Waals surface area (Å²) in [4.78, 5) is 43.4. The van der Waals surface area contributed by atoms with Crippen molar-refractivity contribution in [2.45, 2.75) is 37.8 Å². The summed E-state index contributed by atoms with van der Waals surface area (Å²) in [5.41, 5.74) is 15.2. The first-order chi connectivity index (χ1) is 21.9. The standard InChI is InChI=1S/C36H40N6O3/c37-36(38)40-23-10-17-31(42-35(45)32(28-11-4-1-5-12-28)29-13-6-2-7-14-29)34(44)39-24-22-26-18-20-27(21-19-26)25-41-33(43)30-15-8-3-9-16-30/h1-9,11-16,18-21,31-32H,10,17,22-25H2,(H,39,44)(H,41,43)(H,42,45)(H4,37,38,40)/t31-/m1/s1. The summed E-state index contributed by atoms with van der Waals surface area (Å²) in [7, 11) is 0. The Kier molecular flexibility index (Phi) is 12.3. The van der Waals surface area contributed by atoms with Crippen LogP contribution in [0.15, 0.2) is 120 Å². The highest BCUT2D eigenvalue weighted by Crippen LogP contribution is 2.25. The van der Waals surface area contributed by atoms with E-state index in [-0.39, 0.29) is 23.7 Å². The summed E-state index contributed by atoms with van der Waals surface area (Å²) in [6, 6.07) is 35.2. The second-order valence-electron chi connectivity index (χ2n) is 10.7. The fraction of sp³-hybridized carbons (Fsp3) is 0.222. The molecule has 0 saturated carbocycles. The first-order valence-corrected chi connectivity index (χ1v) is 15.0. The van der Waals surface area contributed by atoms with Crippen molar-refractivity contribution in [3.8, 4) is 0 Å². The lowest BCUT2D eigenvalue weighted by molar-refractivity contribution is -0.129. The topological polar surface area (TPSA) is 152 Å². The third kappa shape index (κ3) is 10.4. The minimum absolute atomic E-state index is 0.0159. The van der Waals surface area contributed by atoms with Crippen molar-refractivity contribution in [2.24, 2.45) is 16.5 Å². The maximum Gasteiger partial charge on any atom is 0.251 e. The van der Waals surface area contributed by atoms with Crippen LogP contribution in [0.2, 0.25) is 0 Å². The summed E-state index contributed by atoms with van der Waals surface area (Å²) in [6.07, 6.45) is 1.49. The zero-order valence-corrected chi connectivity index (χ0v) is 25.2. The zero-order valence-electron chi connectivity index (χ0n) is 25.2. The van der Waals surface area contributed by atoms with Crippen LogP contribution in [0.3, 0.4) is 0 Å². The summed E-state index contributed by atoms with van der Waals surface area (Å²) in [5, 5.41) is 8.90. The third-order valence-corrected chi connectivity index (χ3v) is 7.33. The summed E-state index contributed by atoms with van der Waals surface area (Å²) >= 11 is 0. The predicted octanol–water partition coefficient (Wildman–Crippen LogP) is 3.65. The third-order valence-electron chi connectivity index (χ3n) is 7.33. The second kappa shape index (κ2) is 17.0. The number of nitrogens with two attached hydrogens (primary N) is 2. The normalized spacial score (nSPS) is 11.3. The Balaban J connectivity index is 1.35. The molecule has 7 N–H and O–H groups in total. The highest BCUT2D eigenvalue weighted by Gasteiger charge is 2.27. The predicted molar refractivity (Wildman–Crippen MR) is 177 cm³/mol. The Morgan fingerprint density at radius 2 is 1.22 bits per heavy atom. The summed E-state index contributed by atoms with van der Waals surface area (Å²) in [5.74, 6) is -1.24. The molecule has 4 rings (SSSR count). The van der Waals surface area contributed by atoms with E-state index in [1.54, 1.807) is 12.1 Å². The van der Waals surface area contributed by atoms with Gasteiger partial charge in [-0.2, -0.15) is 0 Å². The highest BCUT2D eigenvalue weighted by molar-refractivity contribution is 5.94. The SMILES string of the molecule is NC(N)=NCCC[C@@H](NC(=O)C(c1ccccc1)c1ccccc1)C(=O)NCCc1ccc(CNC(=O)c2ccccc2)cc1. The number of hydrogen-bond acceptors (Lipinski definition) is 4. The van der Waals surface area contributed by atoms with Crippen LogP contribution in [0.25, 0.3) is 0 Å². The average molecular weight is 605 g/mol. The molecule has 0 aromatic heterocycles. The quantitative estimate of drug-likeness (QED) is 0.0797. The maximum absolute atomic E-state index is 13.7. The minimum Gasteiger partial charge on any atom is -0.370 e. The van der Waals surface area contributed by atoms with E-state index >= 15 is 0 Å². The molecule has 0 bridgehead atoms. The molecule has 45 heavy (non-hydrogen) atoms. The molecule has 0 aliphatic carbocycles. The molecular formula is C36H40N6O3. The molecular weight excluding hydrogens is 564 g/mol. The Bertz CT molecular complexity index is 1500. The number of hydrogen-bond donors (Lipinski definition) is 5. The summed E-state index contributed by atoms with van der Waals surface area (Å²) < 4.78 is 0. The number of carbonyl (C=O) groups is 3.